The molecule has 0 aliphatic heterocycles. The molecular formula is C18H17Br2ClO3. The van der Waals surface area contributed by atoms with E-state index in [1.54, 1.807) is 12.1 Å². The van der Waals surface area contributed by atoms with E-state index in [0.29, 0.717) is 25.2 Å². The van der Waals surface area contributed by atoms with Gasteiger partial charge in [-0.15, -0.1) is 0 Å². The van der Waals surface area contributed by atoms with E-state index < -0.39 is 0 Å². The van der Waals surface area contributed by atoms with Gasteiger partial charge in [0.05, 0.1) is 11.1 Å². The van der Waals surface area contributed by atoms with E-state index in [1.165, 1.54) is 0 Å². The van der Waals surface area contributed by atoms with Gasteiger partial charge in [-0.3, -0.25) is 4.79 Å². The molecule has 0 aromatic heterocycles. The number of esters is 1. The quantitative estimate of drug-likeness (QED) is 0.281. The summed E-state index contributed by atoms with van der Waals surface area (Å²) in [7, 11) is 0. The lowest BCUT2D eigenvalue weighted by molar-refractivity contribution is -0.134. The molecule has 0 fully saturated rings. The molecule has 0 unspecified atom stereocenters. The highest BCUT2D eigenvalue weighted by Gasteiger charge is 2.11. The summed E-state index contributed by atoms with van der Waals surface area (Å²) in [4.78, 5) is 11.8. The van der Waals surface area contributed by atoms with E-state index in [-0.39, 0.29) is 5.97 Å². The monoisotopic (exact) mass is 474 g/mol. The minimum Gasteiger partial charge on any atom is -0.492 e. The van der Waals surface area contributed by atoms with E-state index >= 15 is 0 Å². The van der Waals surface area contributed by atoms with E-state index in [1.807, 2.05) is 32.0 Å². The van der Waals surface area contributed by atoms with Crippen molar-refractivity contribution in [1.29, 1.82) is 0 Å². The van der Waals surface area contributed by atoms with Crippen molar-refractivity contribution >= 4 is 49.4 Å². The molecule has 6 heteroatoms. The highest BCUT2D eigenvalue weighted by atomic mass is 79.9. The third kappa shape index (κ3) is 5.23. The molecule has 0 aliphatic carbocycles. The lowest BCUT2D eigenvalue weighted by Gasteiger charge is -2.13. The Kier molecular flexibility index (Phi) is 7.14. The Morgan fingerprint density at radius 2 is 1.83 bits per heavy atom. The molecule has 0 radical (unpaired) electrons. The zero-order chi connectivity index (χ0) is 17.7. The summed E-state index contributed by atoms with van der Waals surface area (Å²) in [6, 6.07) is 9.03. The molecular weight excluding hydrogens is 459 g/mol. The second-order valence-electron chi connectivity index (χ2n) is 5.32. The summed E-state index contributed by atoms with van der Waals surface area (Å²) < 4.78 is 12.8. The van der Waals surface area contributed by atoms with Crippen LogP contribution in [0, 0.1) is 13.8 Å². The van der Waals surface area contributed by atoms with Crippen LogP contribution in [0.15, 0.2) is 39.3 Å². The molecule has 24 heavy (non-hydrogen) atoms. The Balaban J connectivity index is 1.81. The maximum atomic E-state index is 11.8. The van der Waals surface area contributed by atoms with Crippen LogP contribution in [0.25, 0.3) is 0 Å². The van der Waals surface area contributed by atoms with Crippen LogP contribution >= 0.6 is 43.5 Å². The summed E-state index contributed by atoms with van der Waals surface area (Å²) in [6.45, 7) is 4.29. The smallest absolute Gasteiger partial charge is 0.311 e. The van der Waals surface area contributed by atoms with Crippen molar-refractivity contribution < 1.29 is 14.3 Å². The van der Waals surface area contributed by atoms with Crippen molar-refractivity contribution in [1.82, 2.24) is 0 Å². The largest absolute Gasteiger partial charge is 0.492 e. The first kappa shape index (κ1) is 19.3. The highest BCUT2D eigenvalue weighted by molar-refractivity contribution is 9.10. The van der Waals surface area contributed by atoms with Crippen LogP contribution in [0.4, 0.5) is 0 Å². The Morgan fingerprint density at radius 3 is 2.50 bits per heavy atom. The SMILES string of the molecule is Cc1cc(OCCCC(=O)Oc2ccc(Br)cc2)c(Br)c(C)c1Cl. The Morgan fingerprint density at radius 1 is 1.17 bits per heavy atom. The average molecular weight is 477 g/mol. The highest BCUT2D eigenvalue weighted by Crippen LogP contribution is 2.35. The van der Waals surface area contributed by atoms with E-state index in [0.717, 1.165) is 30.8 Å². The topological polar surface area (TPSA) is 35.5 Å². The van der Waals surface area contributed by atoms with Gasteiger partial charge in [-0.1, -0.05) is 27.5 Å². The van der Waals surface area contributed by atoms with Crippen LogP contribution in [0.2, 0.25) is 5.02 Å². The third-order valence-corrected chi connectivity index (χ3v) is 5.49. The molecule has 0 bridgehead atoms. The number of hydrogen-bond donors (Lipinski definition) is 0. The van der Waals surface area contributed by atoms with Gasteiger partial charge in [0.25, 0.3) is 0 Å². The van der Waals surface area contributed by atoms with Crippen LogP contribution in [-0.2, 0) is 4.79 Å². The molecule has 2 aromatic carbocycles. The van der Waals surface area contributed by atoms with Crippen molar-refractivity contribution in [2.75, 3.05) is 6.61 Å². The maximum absolute atomic E-state index is 11.8. The fraction of sp³-hybridized carbons (Fsp3) is 0.278. The molecule has 0 amide bonds. The van der Waals surface area contributed by atoms with Gasteiger partial charge in [-0.2, -0.15) is 0 Å². The Labute approximate surface area is 163 Å². The standard InChI is InChI=1S/C18H17Br2ClO3/c1-11-10-15(17(20)12(2)18(11)21)23-9-3-4-16(22)24-14-7-5-13(19)6-8-14/h5-8,10H,3-4,9H2,1-2H3. The number of carbonyl (C=O) groups is 1. The molecule has 0 saturated carbocycles. The lowest BCUT2D eigenvalue weighted by atomic mass is 10.1. The van der Waals surface area contributed by atoms with Crippen LogP contribution in [0.1, 0.15) is 24.0 Å². The van der Waals surface area contributed by atoms with E-state index in [9.17, 15) is 4.79 Å². The van der Waals surface area contributed by atoms with Crippen LogP contribution in [0.3, 0.4) is 0 Å². The summed E-state index contributed by atoms with van der Waals surface area (Å²) in [6.07, 6.45) is 0.863. The van der Waals surface area contributed by atoms with Crippen LogP contribution in [-0.4, -0.2) is 12.6 Å². The summed E-state index contributed by atoms with van der Waals surface area (Å²) in [5, 5.41) is 0.729. The molecule has 0 saturated heterocycles. The number of rotatable bonds is 6. The molecule has 0 atom stereocenters. The first-order chi connectivity index (χ1) is 11.4. The van der Waals surface area contributed by atoms with Crippen molar-refractivity contribution in [3.8, 4) is 11.5 Å². The van der Waals surface area contributed by atoms with E-state index in [4.69, 9.17) is 21.1 Å². The Hall–Kier alpha value is -1.04. The second kappa shape index (κ2) is 8.88. The number of ether oxygens (including phenoxy) is 2. The van der Waals surface area contributed by atoms with Gasteiger partial charge in [0, 0.05) is 15.9 Å². The fourth-order valence-corrected chi connectivity index (χ4v) is 3.04. The first-order valence-electron chi connectivity index (χ1n) is 7.42. The van der Waals surface area contributed by atoms with Gasteiger partial charge in [0.15, 0.2) is 0 Å². The van der Waals surface area contributed by atoms with Crippen molar-refractivity contribution in [3.63, 3.8) is 0 Å². The molecule has 0 spiro atoms. The van der Waals surface area contributed by atoms with Crippen molar-refractivity contribution in [2.45, 2.75) is 26.7 Å². The van der Waals surface area contributed by atoms with Gasteiger partial charge < -0.3 is 9.47 Å². The minimum absolute atomic E-state index is 0.275. The normalized spacial score (nSPS) is 10.5. The number of halogens is 3. The average Bonchev–Trinajstić information content (AvgIpc) is 2.56. The number of carbonyl (C=O) groups excluding carboxylic acids is 1. The molecule has 128 valence electrons. The number of benzene rings is 2. The fourth-order valence-electron chi connectivity index (χ4n) is 2.09. The van der Waals surface area contributed by atoms with Crippen molar-refractivity contribution in [3.05, 3.63) is 55.4 Å². The van der Waals surface area contributed by atoms with E-state index in [2.05, 4.69) is 31.9 Å². The lowest BCUT2D eigenvalue weighted by Crippen LogP contribution is -2.10. The molecule has 0 heterocycles. The van der Waals surface area contributed by atoms with Gasteiger partial charge in [-0.05, 0) is 77.7 Å². The van der Waals surface area contributed by atoms with Crippen molar-refractivity contribution in [2.24, 2.45) is 0 Å². The van der Waals surface area contributed by atoms with Crippen LogP contribution < -0.4 is 9.47 Å². The predicted molar refractivity (Wildman–Crippen MR) is 103 cm³/mol. The molecule has 3 nitrogen and oxygen atoms in total. The second-order valence-corrected chi connectivity index (χ2v) is 7.41. The first-order valence-corrected chi connectivity index (χ1v) is 9.39. The molecule has 0 N–H and O–H groups in total. The summed E-state index contributed by atoms with van der Waals surface area (Å²) in [5.41, 5.74) is 1.91. The molecule has 2 aromatic rings. The van der Waals surface area contributed by atoms with Gasteiger partial charge in [-0.25, -0.2) is 0 Å². The molecule has 0 aliphatic rings. The third-order valence-electron chi connectivity index (χ3n) is 3.40. The summed E-state index contributed by atoms with van der Waals surface area (Å²) in [5.74, 6) is 0.995. The summed E-state index contributed by atoms with van der Waals surface area (Å²) >= 11 is 13.0. The maximum Gasteiger partial charge on any atom is 0.311 e. The predicted octanol–water partition coefficient (Wildman–Crippen LogP) is 6.25. The zero-order valence-electron chi connectivity index (χ0n) is 13.4. The number of hydrogen-bond acceptors (Lipinski definition) is 3. The van der Waals surface area contributed by atoms with Crippen LogP contribution in [0.5, 0.6) is 11.5 Å². The van der Waals surface area contributed by atoms with Gasteiger partial charge >= 0.3 is 5.97 Å². The van der Waals surface area contributed by atoms with Gasteiger partial charge in [0.2, 0.25) is 0 Å². The zero-order valence-corrected chi connectivity index (χ0v) is 17.3. The number of aryl methyl sites for hydroxylation is 1. The minimum atomic E-state index is -0.275. The Bertz CT molecular complexity index is 730. The van der Waals surface area contributed by atoms with Gasteiger partial charge in [0.1, 0.15) is 11.5 Å². The molecule has 2 rings (SSSR count).